The third-order valence-electron chi connectivity index (χ3n) is 4.08. The molecule has 1 amide bonds. The molecule has 0 radical (unpaired) electrons. The SMILES string of the molecule is COC[C@@H](C)NC(=S)N/N=C\c1ccc(OCC(=O)N2CCOCC2)c(OC)c1. The third-order valence-corrected chi connectivity index (χ3v) is 4.29. The number of nitrogens with zero attached hydrogens (tertiary/aromatic N) is 2. The maximum atomic E-state index is 12.2. The molecule has 0 aliphatic carbocycles. The number of nitrogens with one attached hydrogen (secondary N) is 2. The predicted octanol–water partition coefficient (Wildman–Crippen LogP) is 0.766. The van der Waals surface area contributed by atoms with Crippen LogP contribution in [0.1, 0.15) is 12.5 Å². The van der Waals surface area contributed by atoms with Crippen LogP contribution in [0.3, 0.4) is 0 Å². The van der Waals surface area contributed by atoms with Crippen molar-refractivity contribution < 1.29 is 23.7 Å². The summed E-state index contributed by atoms with van der Waals surface area (Å²) in [5.74, 6) is 0.928. The van der Waals surface area contributed by atoms with Crippen LogP contribution in [0.4, 0.5) is 0 Å². The largest absolute Gasteiger partial charge is 0.493 e. The summed E-state index contributed by atoms with van der Waals surface area (Å²) in [6, 6.07) is 5.40. The lowest BCUT2D eigenvalue weighted by molar-refractivity contribution is -0.137. The minimum Gasteiger partial charge on any atom is -0.493 e. The molecule has 0 bridgehead atoms. The second-order valence-electron chi connectivity index (χ2n) is 6.39. The quantitative estimate of drug-likeness (QED) is 0.341. The first-order valence-corrected chi connectivity index (χ1v) is 9.69. The fourth-order valence-electron chi connectivity index (χ4n) is 2.64. The van der Waals surface area contributed by atoms with Gasteiger partial charge in [0.2, 0.25) is 0 Å². The number of thiocarbonyl (C=S) groups is 1. The van der Waals surface area contributed by atoms with E-state index in [1.165, 1.54) is 0 Å². The number of ether oxygens (including phenoxy) is 4. The molecule has 2 N–H and O–H groups in total. The van der Waals surface area contributed by atoms with E-state index < -0.39 is 0 Å². The number of carbonyl (C=O) groups is 1. The lowest BCUT2D eigenvalue weighted by Crippen LogP contribution is -2.43. The third kappa shape index (κ3) is 7.84. The molecule has 1 saturated heterocycles. The summed E-state index contributed by atoms with van der Waals surface area (Å²) in [6.07, 6.45) is 1.61. The molecule has 1 heterocycles. The highest BCUT2D eigenvalue weighted by Crippen LogP contribution is 2.27. The second-order valence-corrected chi connectivity index (χ2v) is 6.80. The molecule has 160 valence electrons. The molecule has 10 heteroatoms. The van der Waals surface area contributed by atoms with E-state index >= 15 is 0 Å². The van der Waals surface area contributed by atoms with Crippen LogP contribution in [-0.4, -0.2) is 81.9 Å². The van der Waals surface area contributed by atoms with Crippen LogP contribution in [0.25, 0.3) is 0 Å². The molecule has 0 unspecified atom stereocenters. The zero-order valence-corrected chi connectivity index (χ0v) is 17.8. The number of amides is 1. The molecule has 1 aliphatic rings. The number of carbonyl (C=O) groups excluding carboxylic acids is 1. The summed E-state index contributed by atoms with van der Waals surface area (Å²) in [5.41, 5.74) is 3.54. The van der Waals surface area contributed by atoms with Crippen molar-refractivity contribution in [2.75, 3.05) is 53.7 Å². The summed E-state index contributed by atoms with van der Waals surface area (Å²) < 4.78 is 21.3. The first-order chi connectivity index (χ1) is 14.0. The van der Waals surface area contributed by atoms with Gasteiger partial charge in [-0.25, -0.2) is 0 Å². The lowest BCUT2D eigenvalue weighted by Gasteiger charge is -2.26. The van der Waals surface area contributed by atoms with Gasteiger partial charge in [0, 0.05) is 26.2 Å². The van der Waals surface area contributed by atoms with E-state index in [1.54, 1.807) is 37.5 Å². The Hall–Kier alpha value is -2.43. The van der Waals surface area contributed by atoms with E-state index in [-0.39, 0.29) is 18.6 Å². The molecular formula is C19H28N4O5S. The first-order valence-electron chi connectivity index (χ1n) is 9.28. The molecule has 29 heavy (non-hydrogen) atoms. The van der Waals surface area contributed by atoms with Crippen molar-refractivity contribution in [2.24, 2.45) is 5.10 Å². The lowest BCUT2D eigenvalue weighted by atomic mass is 10.2. The van der Waals surface area contributed by atoms with E-state index in [0.717, 1.165) is 5.56 Å². The van der Waals surface area contributed by atoms with Crippen LogP contribution < -0.4 is 20.2 Å². The molecule has 1 aromatic carbocycles. The maximum absolute atomic E-state index is 12.2. The van der Waals surface area contributed by atoms with E-state index in [0.29, 0.717) is 49.5 Å². The average molecular weight is 425 g/mol. The summed E-state index contributed by atoms with van der Waals surface area (Å²) in [5, 5.41) is 7.56. The number of benzene rings is 1. The number of hydrogen-bond acceptors (Lipinski definition) is 7. The molecule has 0 spiro atoms. The standard InChI is InChI=1S/C19H28N4O5S/c1-14(12-25-2)21-19(29)22-20-11-15-4-5-16(17(10-15)26-3)28-13-18(24)23-6-8-27-9-7-23/h4-5,10-11,14H,6-9,12-13H2,1-3H3,(H2,21,22,29)/b20-11-/t14-/m1/s1. The van der Waals surface area contributed by atoms with Gasteiger partial charge in [-0.05, 0) is 42.9 Å². The van der Waals surface area contributed by atoms with Gasteiger partial charge >= 0.3 is 0 Å². The normalized spacial score (nSPS) is 15.1. The maximum Gasteiger partial charge on any atom is 0.260 e. The van der Waals surface area contributed by atoms with Gasteiger partial charge in [-0.2, -0.15) is 5.10 Å². The molecule has 1 aromatic rings. The van der Waals surface area contributed by atoms with Crippen molar-refractivity contribution in [2.45, 2.75) is 13.0 Å². The van der Waals surface area contributed by atoms with Crippen LogP contribution in [0.2, 0.25) is 0 Å². The number of methoxy groups -OCH3 is 2. The van der Waals surface area contributed by atoms with Crippen LogP contribution in [-0.2, 0) is 14.3 Å². The van der Waals surface area contributed by atoms with Gasteiger partial charge in [0.05, 0.1) is 33.1 Å². The Bertz CT molecular complexity index is 710. The highest BCUT2D eigenvalue weighted by atomic mass is 32.1. The van der Waals surface area contributed by atoms with Gasteiger partial charge in [-0.15, -0.1) is 0 Å². The van der Waals surface area contributed by atoms with E-state index in [1.807, 2.05) is 13.0 Å². The molecule has 1 atom stereocenters. The Morgan fingerprint density at radius 1 is 1.34 bits per heavy atom. The minimum absolute atomic E-state index is 0.0506. The molecule has 0 aromatic heterocycles. The Morgan fingerprint density at radius 3 is 2.79 bits per heavy atom. The monoisotopic (exact) mass is 424 g/mol. The van der Waals surface area contributed by atoms with E-state index in [2.05, 4.69) is 15.8 Å². The van der Waals surface area contributed by atoms with Crippen molar-refractivity contribution in [1.82, 2.24) is 15.6 Å². The molecule has 0 saturated carbocycles. The second kappa shape index (κ2) is 12.2. The molecule has 2 rings (SSSR count). The van der Waals surface area contributed by atoms with E-state index in [4.69, 9.17) is 31.2 Å². The summed E-state index contributed by atoms with van der Waals surface area (Å²) in [4.78, 5) is 13.9. The predicted molar refractivity (Wildman–Crippen MR) is 114 cm³/mol. The number of hydrazone groups is 1. The van der Waals surface area contributed by atoms with Gasteiger partial charge in [-0.3, -0.25) is 10.2 Å². The molecular weight excluding hydrogens is 396 g/mol. The van der Waals surface area contributed by atoms with Crippen LogP contribution in [0.15, 0.2) is 23.3 Å². The fraction of sp³-hybridized carbons (Fsp3) is 0.526. The number of rotatable bonds is 9. The zero-order chi connectivity index (χ0) is 21.1. The Morgan fingerprint density at radius 2 is 2.10 bits per heavy atom. The van der Waals surface area contributed by atoms with Crippen molar-refractivity contribution >= 4 is 29.5 Å². The zero-order valence-electron chi connectivity index (χ0n) is 17.0. The summed E-state index contributed by atoms with van der Waals surface area (Å²) in [6.45, 7) is 4.73. The highest BCUT2D eigenvalue weighted by Gasteiger charge is 2.18. The number of hydrogen-bond donors (Lipinski definition) is 2. The van der Waals surface area contributed by atoms with E-state index in [9.17, 15) is 4.79 Å². The van der Waals surface area contributed by atoms with Crippen molar-refractivity contribution in [3.8, 4) is 11.5 Å². The Kier molecular flexibility index (Phi) is 9.62. The van der Waals surface area contributed by atoms with Gasteiger partial charge in [0.1, 0.15) is 0 Å². The van der Waals surface area contributed by atoms with Crippen LogP contribution >= 0.6 is 12.2 Å². The molecule has 1 fully saturated rings. The van der Waals surface area contributed by atoms with Gasteiger partial charge < -0.3 is 29.2 Å². The molecule has 1 aliphatic heterocycles. The van der Waals surface area contributed by atoms with Crippen LogP contribution in [0.5, 0.6) is 11.5 Å². The van der Waals surface area contributed by atoms with Gasteiger partial charge in [0.15, 0.2) is 23.2 Å². The van der Waals surface area contributed by atoms with Gasteiger partial charge in [0.25, 0.3) is 5.91 Å². The van der Waals surface area contributed by atoms with Crippen molar-refractivity contribution in [1.29, 1.82) is 0 Å². The number of morpholine rings is 1. The van der Waals surface area contributed by atoms with Crippen molar-refractivity contribution in [3.05, 3.63) is 23.8 Å². The van der Waals surface area contributed by atoms with Crippen LogP contribution in [0, 0.1) is 0 Å². The van der Waals surface area contributed by atoms with Crippen molar-refractivity contribution in [3.63, 3.8) is 0 Å². The smallest absolute Gasteiger partial charge is 0.260 e. The highest BCUT2D eigenvalue weighted by molar-refractivity contribution is 7.80. The van der Waals surface area contributed by atoms with Gasteiger partial charge in [-0.1, -0.05) is 0 Å². The Balaban J connectivity index is 1.87. The Labute approximate surface area is 176 Å². The summed E-state index contributed by atoms with van der Waals surface area (Å²) in [7, 11) is 3.17. The minimum atomic E-state index is -0.0751. The fourth-order valence-corrected chi connectivity index (χ4v) is 2.89. The topological polar surface area (TPSA) is 93.6 Å². The summed E-state index contributed by atoms with van der Waals surface area (Å²) >= 11 is 5.16. The first kappa shape index (κ1) is 22.9. The molecule has 9 nitrogen and oxygen atoms in total. The average Bonchev–Trinajstić information content (AvgIpc) is 2.73.